The van der Waals surface area contributed by atoms with Crippen LogP contribution in [-0.4, -0.2) is 6.54 Å². The van der Waals surface area contributed by atoms with Crippen molar-refractivity contribution in [3.05, 3.63) is 57.3 Å². The predicted octanol–water partition coefficient (Wildman–Crippen LogP) is 4.54. The molecule has 0 aliphatic rings. The molecule has 0 unspecified atom stereocenters. The first kappa shape index (κ1) is 14.3. The van der Waals surface area contributed by atoms with Gasteiger partial charge in [-0.2, -0.15) is 0 Å². The lowest BCUT2D eigenvalue weighted by Crippen LogP contribution is -2.03. The van der Waals surface area contributed by atoms with Crippen LogP contribution >= 0.6 is 27.5 Å². The SMILES string of the molecule is NCCc1ccc(Oc2cc(Br)ccc2Cl)c(F)c1. The Bertz CT molecular complexity index is 592. The van der Waals surface area contributed by atoms with E-state index in [2.05, 4.69) is 15.9 Å². The van der Waals surface area contributed by atoms with E-state index in [0.717, 1.165) is 10.0 Å². The number of ether oxygens (including phenoxy) is 1. The normalized spacial score (nSPS) is 10.5. The molecule has 0 atom stereocenters. The molecule has 0 saturated heterocycles. The Balaban J connectivity index is 2.25. The van der Waals surface area contributed by atoms with E-state index in [-0.39, 0.29) is 5.75 Å². The van der Waals surface area contributed by atoms with Gasteiger partial charge in [-0.15, -0.1) is 0 Å². The lowest BCUT2D eigenvalue weighted by atomic mass is 10.1. The van der Waals surface area contributed by atoms with E-state index in [1.807, 2.05) is 0 Å². The zero-order valence-electron chi connectivity index (χ0n) is 10.00. The third kappa shape index (κ3) is 3.69. The number of hydrogen-bond donors (Lipinski definition) is 1. The zero-order chi connectivity index (χ0) is 13.8. The van der Waals surface area contributed by atoms with Gasteiger partial charge in [-0.05, 0) is 48.9 Å². The molecule has 5 heteroatoms. The Labute approximate surface area is 124 Å². The first-order valence-electron chi connectivity index (χ1n) is 5.71. The van der Waals surface area contributed by atoms with Gasteiger partial charge in [0.1, 0.15) is 5.75 Å². The summed E-state index contributed by atoms with van der Waals surface area (Å²) < 4.78 is 20.2. The van der Waals surface area contributed by atoms with Crippen LogP contribution in [-0.2, 0) is 6.42 Å². The van der Waals surface area contributed by atoms with Gasteiger partial charge in [-0.3, -0.25) is 0 Å². The molecule has 0 saturated carbocycles. The summed E-state index contributed by atoms with van der Waals surface area (Å²) in [5.41, 5.74) is 6.27. The van der Waals surface area contributed by atoms with Crippen molar-refractivity contribution in [3.8, 4) is 11.5 Å². The van der Waals surface area contributed by atoms with Crippen LogP contribution in [0.5, 0.6) is 11.5 Å². The number of hydrogen-bond acceptors (Lipinski definition) is 2. The Morgan fingerprint density at radius 1 is 1.16 bits per heavy atom. The molecule has 0 aromatic heterocycles. The van der Waals surface area contributed by atoms with Gasteiger partial charge in [0.25, 0.3) is 0 Å². The van der Waals surface area contributed by atoms with E-state index in [4.69, 9.17) is 22.1 Å². The molecule has 0 bridgehead atoms. The molecule has 0 radical (unpaired) electrons. The summed E-state index contributed by atoms with van der Waals surface area (Å²) in [5.74, 6) is 0.115. The number of benzene rings is 2. The van der Waals surface area contributed by atoms with Gasteiger partial charge >= 0.3 is 0 Å². The smallest absolute Gasteiger partial charge is 0.165 e. The highest BCUT2D eigenvalue weighted by Crippen LogP contribution is 2.33. The Kier molecular flexibility index (Phi) is 4.80. The second-order valence-corrected chi connectivity index (χ2v) is 5.30. The van der Waals surface area contributed by atoms with Gasteiger partial charge in [-0.1, -0.05) is 33.6 Å². The Morgan fingerprint density at radius 2 is 1.95 bits per heavy atom. The molecule has 2 nitrogen and oxygen atoms in total. The van der Waals surface area contributed by atoms with Crippen molar-refractivity contribution in [1.82, 2.24) is 0 Å². The lowest BCUT2D eigenvalue weighted by Gasteiger charge is -2.10. The third-order valence-corrected chi connectivity index (χ3v) is 3.35. The zero-order valence-corrected chi connectivity index (χ0v) is 12.3. The molecule has 2 aromatic carbocycles. The van der Waals surface area contributed by atoms with Crippen molar-refractivity contribution in [3.63, 3.8) is 0 Å². The van der Waals surface area contributed by atoms with Crippen LogP contribution in [0.15, 0.2) is 40.9 Å². The maximum Gasteiger partial charge on any atom is 0.165 e. The summed E-state index contributed by atoms with van der Waals surface area (Å²) in [6.45, 7) is 0.483. The maximum absolute atomic E-state index is 13.9. The van der Waals surface area contributed by atoms with Crippen molar-refractivity contribution in [1.29, 1.82) is 0 Å². The standard InChI is InChI=1S/C14H12BrClFNO/c15-10-2-3-11(16)14(8-10)19-13-4-1-9(5-6-18)7-12(13)17/h1-4,7-8H,5-6,18H2. The van der Waals surface area contributed by atoms with Crippen molar-refractivity contribution < 1.29 is 9.13 Å². The molecular weight excluding hydrogens is 333 g/mol. The predicted molar refractivity (Wildman–Crippen MR) is 78.4 cm³/mol. The largest absolute Gasteiger partial charge is 0.453 e. The van der Waals surface area contributed by atoms with Crippen LogP contribution in [0.2, 0.25) is 5.02 Å². The van der Waals surface area contributed by atoms with Gasteiger partial charge in [0.15, 0.2) is 11.6 Å². The third-order valence-electron chi connectivity index (χ3n) is 2.54. The van der Waals surface area contributed by atoms with Gasteiger partial charge in [-0.25, -0.2) is 4.39 Å². The minimum Gasteiger partial charge on any atom is -0.453 e. The summed E-state index contributed by atoms with van der Waals surface area (Å²) in [5, 5.41) is 0.425. The minimum atomic E-state index is -0.429. The first-order valence-corrected chi connectivity index (χ1v) is 6.88. The molecule has 2 rings (SSSR count). The minimum absolute atomic E-state index is 0.140. The summed E-state index contributed by atoms with van der Waals surface area (Å²) in [4.78, 5) is 0. The van der Waals surface area contributed by atoms with Gasteiger partial charge in [0.05, 0.1) is 5.02 Å². The van der Waals surface area contributed by atoms with E-state index in [0.29, 0.717) is 23.7 Å². The number of halogens is 3. The first-order chi connectivity index (χ1) is 9.10. The van der Waals surface area contributed by atoms with Gasteiger partial charge < -0.3 is 10.5 Å². The molecule has 2 aromatic rings. The maximum atomic E-state index is 13.9. The molecule has 0 fully saturated rings. The molecule has 0 amide bonds. The molecule has 19 heavy (non-hydrogen) atoms. The van der Waals surface area contributed by atoms with Crippen LogP contribution < -0.4 is 10.5 Å². The molecule has 0 aliphatic heterocycles. The fraction of sp³-hybridized carbons (Fsp3) is 0.143. The fourth-order valence-corrected chi connectivity index (χ4v) is 2.12. The summed E-state index contributed by atoms with van der Waals surface area (Å²) >= 11 is 9.31. The van der Waals surface area contributed by atoms with Crippen LogP contribution in [0.4, 0.5) is 4.39 Å². The van der Waals surface area contributed by atoms with Crippen molar-refractivity contribution in [2.75, 3.05) is 6.54 Å². The second-order valence-electron chi connectivity index (χ2n) is 3.98. The molecular formula is C14H12BrClFNO. The Hall–Kier alpha value is -1.10. The monoisotopic (exact) mass is 343 g/mol. The number of nitrogens with two attached hydrogens (primary N) is 1. The molecule has 0 spiro atoms. The van der Waals surface area contributed by atoms with Crippen LogP contribution in [0.3, 0.4) is 0 Å². The molecule has 2 N–H and O–H groups in total. The summed E-state index contributed by atoms with van der Waals surface area (Å²) in [7, 11) is 0. The van der Waals surface area contributed by atoms with Gasteiger partial charge in [0, 0.05) is 4.47 Å². The topological polar surface area (TPSA) is 35.2 Å². The average Bonchev–Trinajstić information content (AvgIpc) is 2.37. The van der Waals surface area contributed by atoms with E-state index in [1.54, 1.807) is 30.3 Å². The summed E-state index contributed by atoms with van der Waals surface area (Å²) in [6.07, 6.45) is 0.634. The van der Waals surface area contributed by atoms with E-state index >= 15 is 0 Å². The second kappa shape index (κ2) is 6.37. The molecule has 100 valence electrons. The Morgan fingerprint density at radius 3 is 2.63 bits per heavy atom. The quantitative estimate of drug-likeness (QED) is 0.884. The van der Waals surface area contributed by atoms with E-state index in [1.165, 1.54) is 6.07 Å². The highest BCUT2D eigenvalue weighted by molar-refractivity contribution is 9.10. The lowest BCUT2D eigenvalue weighted by molar-refractivity contribution is 0.441. The average molecular weight is 345 g/mol. The van der Waals surface area contributed by atoms with Crippen LogP contribution in [0, 0.1) is 5.82 Å². The van der Waals surface area contributed by atoms with E-state index in [9.17, 15) is 4.39 Å². The molecule has 0 heterocycles. The summed E-state index contributed by atoms with van der Waals surface area (Å²) in [6, 6.07) is 9.95. The van der Waals surface area contributed by atoms with Crippen LogP contribution in [0.25, 0.3) is 0 Å². The fourth-order valence-electron chi connectivity index (χ4n) is 1.62. The van der Waals surface area contributed by atoms with Crippen molar-refractivity contribution >= 4 is 27.5 Å². The van der Waals surface area contributed by atoms with E-state index < -0.39 is 5.82 Å². The highest BCUT2D eigenvalue weighted by atomic mass is 79.9. The highest BCUT2D eigenvalue weighted by Gasteiger charge is 2.09. The van der Waals surface area contributed by atoms with Crippen molar-refractivity contribution in [2.45, 2.75) is 6.42 Å². The molecule has 0 aliphatic carbocycles. The van der Waals surface area contributed by atoms with Gasteiger partial charge in [0.2, 0.25) is 0 Å². The van der Waals surface area contributed by atoms with Crippen molar-refractivity contribution in [2.24, 2.45) is 5.73 Å². The number of rotatable bonds is 4. The van der Waals surface area contributed by atoms with Crippen LogP contribution in [0.1, 0.15) is 5.56 Å².